The summed E-state index contributed by atoms with van der Waals surface area (Å²) in [7, 11) is 2.99. The Labute approximate surface area is 182 Å². The van der Waals surface area contributed by atoms with Crippen molar-refractivity contribution >= 4 is 23.0 Å². The van der Waals surface area contributed by atoms with Crippen molar-refractivity contribution in [1.29, 1.82) is 0 Å². The Morgan fingerprint density at radius 2 is 1.23 bits per heavy atom. The van der Waals surface area contributed by atoms with Gasteiger partial charge in [-0.1, -0.05) is 48.5 Å². The molecule has 0 aliphatic rings. The van der Waals surface area contributed by atoms with Crippen molar-refractivity contribution in [2.75, 3.05) is 19.1 Å². The third kappa shape index (κ3) is 4.28. The van der Waals surface area contributed by atoms with Crippen molar-refractivity contribution in [2.24, 2.45) is 0 Å². The Morgan fingerprint density at radius 1 is 0.677 bits per heavy atom. The second-order valence-corrected chi connectivity index (χ2v) is 6.96. The molecule has 0 fully saturated rings. The fourth-order valence-corrected chi connectivity index (χ4v) is 3.57. The summed E-state index contributed by atoms with van der Waals surface area (Å²) >= 11 is 0. The zero-order valence-electron chi connectivity index (χ0n) is 17.5. The van der Waals surface area contributed by atoms with Crippen LogP contribution in [0.4, 0.5) is 17.1 Å². The summed E-state index contributed by atoms with van der Waals surface area (Å²) in [4.78, 5) is 14.5. The van der Waals surface area contributed by atoms with E-state index >= 15 is 0 Å². The van der Waals surface area contributed by atoms with Gasteiger partial charge in [-0.2, -0.15) is 0 Å². The number of methoxy groups -OCH3 is 2. The van der Waals surface area contributed by atoms with Crippen LogP contribution in [0.15, 0.2) is 103 Å². The number of rotatable bonds is 6. The lowest BCUT2D eigenvalue weighted by Gasteiger charge is -2.25. The fraction of sp³-hybridized carbons (Fsp3) is 0.0741. The number of carbonyl (C=O) groups is 1. The highest BCUT2D eigenvalue weighted by Crippen LogP contribution is 2.36. The van der Waals surface area contributed by atoms with Gasteiger partial charge in [0.2, 0.25) is 0 Å². The normalized spacial score (nSPS) is 10.4. The van der Waals surface area contributed by atoms with Crippen LogP contribution in [0.3, 0.4) is 0 Å². The highest BCUT2D eigenvalue weighted by atomic mass is 16.5. The van der Waals surface area contributed by atoms with Crippen LogP contribution in [-0.4, -0.2) is 20.2 Å². The standard InChI is InChI=1S/C27H23NO3/c1-30-24-17-18-25(27(29)31-2)26(19-24)20-13-15-23(16-14-20)28(21-9-5-3-6-10-21)22-11-7-4-8-12-22/h3-19H,1-2H3. The lowest BCUT2D eigenvalue weighted by atomic mass is 9.98. The maximum absolute atomic E-state index is 12.3. The van der Waals surface area contributed by atoms with Gasteiger partial charge in [0.25, 0.3) is 0 Å². The van der Waals surface area contributed by atoms with Gasteiger partial charge in [0, 0.05) is 17.1 Å². The van der Waals surface area contributed by atoms with Crippen LogP contribution in [0.5, 0.6) is 5.75 Å². The second-order valence-electron chi connectivity index (χ2n) is 6.96. The predicted molar refractivity (Wildman–Crippen MR) is 124 cm³/mol. The molecule has 0 bridgehead atoms. The monoisotopic (exact) mass is 409 g/mol. The first-order valence-electron chi connectivity index (χ1n) is 9.98. The number of hydrogen-bond donors (Lipinski definition) is 0. The summed E-state index contributed by atoms with van der Waals surface area (Å²) in [6.07, 6.45) is 0. The molecule has 4 rings (SSSR count). The summed E-state index contributed by atoms with van der Waals surface area (Å²) in [5.41, 5.74) is 5.33. The first-order valence-corrected chi connectivity index (χ1v) is 9.98. The number of hydrogen-bond acceptors (Lipinski definition) is 4. The van der Waals surface area contributed by atoms with Gasteiger partial charge in [-0.3, -0.25) is 0 Å². The highest BCUT2D eigenvalue weighted by Gasteiger charge is 2.16. The average Bonchev–Trinajstić information content (AvgIpc) is 2.85. The van der Waals surface area contributed by atoms with Crippen molar-refractivity contribution in [3.05, 3.63) is 109 Å². The minimum Gasteiger partial charge on any atom is -0.497 e. The molecule has 0 heterocycles. The summed E-state index contributed by atoms with van der Waals surface area (Å²) in [5, 5.41) is 0. The lowest BCUT2D eigenvalue weighted by molar-refractivity contribution is 0.0601. The molecule has 0 aliphatic carbocycles. The van der Waals surface area contributed by atoms with Crippen LogP contribution in [0, 0.1) is 0 Å². The van der Waals surface area contributed by atoms with Crippen molar-refractivity contribution in [3.63, 3.8) is 0 Å². The molecule has 31 heavy (non-hydrogen) atoms. The second kappa shape index (κ2) is 9.18. The van der Waals surface area contributed by atoms with Crippen LogP contribution in [0.25, 0.3) is 11.1 Å². The molecule has 4 aromatic carbocycles. The van der Waals surface area contributed by atoms with E-state index in [0.717, 1.165) is 28.2 Å². The SMILES string of the molecule is COC(=O)c1ccc(OC)cc1-c1ccc(N(c2ccccc2)c2ccccc2)cc1. The molecule has 0 radical (unpaired) electrons. The maximum Gasteiger partial charge on any atom is 0.338 e. The smallest absolute Gasteiger partial charge is 0.338 e. The predicted octanol–water partition coefficient (Wildman–Crippen LogP) is 6.62. The van der Waals surface area contributed by atoms with Gasteiger partial charge in [0.15, 0.2) is 0 Å². The first-order chi connectivity index (χ1) is 15.2. The molecule has 0 aliphatic heterocycles. The van der Waals surface area contributed by atoms with Crippen LogP contribution < -0.4 is 9.64 Å². The Kier molecular flexibility index (Phi) is 5.99. The van der Waals surface area contributed by atoms with E-state index < -0.39 is 0 Å². The zero-order valence-corrected chi connectivity index (χ0v) is 17.5. The lowest BCUT2D eigenvalue weighted by Crippen LogP contribution is -2.09. The molecule has 0 amide bonds. The fourth-order valence-electron chi connectivity index (χ4n) is 3.57. The van der Waals surface area contributed by atoms with Crippen molar-refractivity contribution < 1.29 is 14.3 Å². The highest BCUT2D eigenvalue weighted by molar-refractivity contribution is 5.97. The van der Waals surface area contributed by atoms with Crippen LogP contribution in [0.2, 0.25) is 0 Å². The Bertz CT molecular complexity index is 1120. The Balaban J connectivity index is 1.78. The third-order valence-corrected chi connectivity index (χ3v) is 5.10. The first kappa shape index (κ1) is 20.2. The Morgan fingerprint density at radius 3 is 1.74 bits per heavy atom. The number of carbonyl (C=O) groups excluding carboxylic acids is 1. The maximum atomic E-state index is 12.3. The van der Waals surface area contributed by atoms with Crippen molar-refractivity contribution in [1.82, 2.24) is 0 Å². The summed E-state index contributed by atoms with van der Waals surface area (Å²) in [5.74, 6) is 0.304. The molecule has 0 N–H and O–H groups in total. The van der Waals surface area contributed by atoms with Crippen LogP contribution in [-0.2, 0) is 4.74 Å². The van der Waals surface area contributed by atoms with Gasteiger partial charge in [-0.25, -0.2) is 4.79 Å². The molecule has 0 atom stereocenters. The van der Waals surface area contributed by atoms with Gasteiger partial charge in [-0.15, -0.1) is 0 Å². The van der Waals surface area contributed by atoms with Gasteiger partial charge in [-0.05, 0) is 65.7 Å². The number of anilines is 3. The zero-order chi connectivity index (χ0) is 21.6. The largest absolute Gasteiger partial charge is 0.497 e. The molecule has 0 aromatic heterocycles. The molecule has 154 valence electrons. The van der Waals surface area contributed by atoms with E-state index in [0.29, 0.717) is 11.3 Å². The minimum atomic E-state index is -0.378. The van der Waals surface area contributed by atoms with E-state index in [4.69, 9.17) is 9.47 Å². The van der Waals surface area contributed by atoms with Gasteiger partial charge in [0.05, 0.1) is 19.8 Å². The van der Waals surface area contributed by atoms with Gasteiger partial charge >= 0.3 is 5.97 Å². The number of nitrogens with zero attached hydrogens (tertiary/aromatic N) is 1. The number of ether oxygens (including phenoxy) is 2. The molecule has 0 saturated carbocycles. The number of para-hydroxylation sites is 2. The molecule has 4 aromatic rings. The van der Waals surface area contributed by atoms with E-state index in [1.807, 2.05) is 54.6 Å². The van der Waals surface area contributed by atoms with E-state index in [2.05, 4.69) is 41.3 Å². The molecule has 0 saturated heterocycles. The summed E-state index contributed by atoms with van der Waals surface area (Å²) < 4.78 is 10.3. The summed E-state index contributed by atoms with van der Waals surface area (Å²) in [6, 6.07) is 33.9. The molecular weight excluding hydrogens is 386 g/mol. The molecule has 4 heteroatoms. The van der Waals surface area contributed by atoms with E-state index in [1.165, 1.54) is 7.11 Å². The van der Waals surface area contributed by atoms with Crippen molar-refractivity contribution in [2.45, 2.75) is 0 Å². The quantitative estimate of drug-likeness (QED) is 0.336. The average molecular weight is 409 g/mol. The molecule has 0 spiro atoms. The molecule has 4 nitrogen and oxygen atoms in total. The number of benzene rings is 4. The van der Waals surface area contributed by atoms with E-state index in [9.17, 15) is 4.79 Å². The van der Waals surface area contributed by atoms with E-state index in [1.54, 1.807) is 19.2 Å². The third-order valence-electron chi connectivity index (χ3n) is 5.10. The molecule has 0 unspecified atom stereocenters. The van der Waals surface area contributed by atoms with Crippen molar-refractivity contribution in [3.8, 4) is 16.9 Å². The number of esters is 1. The molecular formula is C27H23NO3. The minimum absolute atomic E-state index is 0.378. The summed E-state index contributed by atoms with van der Waals surface area (Å²) in [6.45, 7) is 0. The van der Waals surface area contributed by atoms with Crippen LogP contribution in [0.1, 0.15) is 10.4 Å². The topological polar surface area (TPSA) is 38.8 Å². The Hall–Kier alpha value is -4.05. The van der Waals surface area contributed by atoms with Gasteiger partial charge < -0.3 is 14.4 Å². The van der Waals surface area contributed by atoms with Crippen LogP contribution >= 0.6 is 0 Å². The van der Waals surface area contributed by atoms with Gasteiger partial charge in [0.1, 0.15) is 5.75 Å². The van der Waals surface area contributed by atoms with E-state index in [-0.39, 0.29) is 5.97 Å².